The van der Waals surface area contributed by atoms with E-state index in [0.29, 0.717) is 0 Å². The zero-order chi connectivity index (χ0) is 8.27. The summed E-state index contributed by atoms with van der Waals surface area (Å²) in [5.74, 6) is 1.55. The molecular weight excluding hydrogens is 138 g/mol. The van der Waals surface area contributed by atoms with Crippen molar-refractivity contribution >= 4 is 5.91 Å². The van der Waals surface area contributed by atoms with Crippen molar-refractivity contribution in [3.8, 4) is 0 Å². The fraction of sp³-hybridized carbons (Fsp3) is 0.667. The van der Waals surface area contributed by atoms with Crippen molar-refractivity contribution in [3.05, 3.63) is 12.7 Å². The van der Waals surface area contributed by atoms with E-state index >= 15 is 0 Å². The summed E-state index contributed by atoms with van der Waals surface area (Å²) < 4.78 is 0. The lowest BCUT2D eigenvalue weighted by atomic mass is 10.2. The van der Waals surface area contributed by atoms with Crippen molar-refractivity contribution in [1.29, 1.82) is 0 Å². The third-order valence-electron chi connectivity index (χ3n) is 2.32. The van der Waals surface area contributed by atoms with Crippen molar-refractivity contribution < 1.29 is 4.79 Å². The molecule has 0 saturated heterocycles. The summed E-state index contributed by atoms with van der Waals surface area (Å²) >= 11 is 0. The summed E-state index contributed by atoms with van der Waals surface area (Å²) in [6.45, 7) is 6.42. The molecule has 2 atom stereocenters. The van der Waals surface area contributed by atoms with E-state index in [1.807, 2.05) is 0 Å². The Morgan fingerprint density at radius 3 is 2.91 bits per heavy atom. The molecule has 0 aliphatic heterocycles. The van der Waals surface area contributed by atoms with Crippen LogP contribution in [-0.4, -0.2) is 12.5 Å². The van der Waals surface area contributed by atoms with Gasteiger partial charge in [-0.05, 0) is 24.3 Å². The fourth-order valence-electron chi connectivity index (χ4n) is 1.36. The summed E-state index contributed by atoms with van der Waals surface area (Å²) in [5, 5.41) is 2.80. The first-order chi connectivity index (χ1) is 5.27. The second-order valence-corrected chi connectivity index (χ2v) is 3.11. The van der Waals surface area contributed by atoms with Gasteiger partial charge in [0.25, 0.3) is 0 Å². The van der Waals surface area contributed by atoms with Gasteiger partial charge < -0.3 is 5.32 Å². The first-order valence-corrected chi connectivity index (χ1v) is 4.18. The largest absolute Gasteiger partial charge is 0.352 e. The van der Waals surface area contributed by atoms with Crippen molar-refractivity contribution in [2.75, 3.05) is 6.54 Å². The molecule has 62 valence electrons. The molecule has 1 aliphatic carbocycles. The van der Waals surface area contributed by atoms with E-state index < -0.39 is 0 Å². The molecule has 2 unspecified atom stereocenters. The van der Waals surface area contributed by atoms with Crippen LogP contribution in [0.3, 0.4) is 0 Å². The molecule has 1 amide bonds. The molecule has 1 aliphatic rings. The highest BCUT2D eigenvalue weighted by atomic mass is 16.1. The van der Waals surface area contributed by atoms with Crippen molar-refractivity contribution in [1.82, 2.24) is 5.32 Å². The average Bonchev–Trinajstić information content (AvgIpc) is 2.78. The topological polar surface area (TPSA) is 29.1 Å². The molecule has 1 fully saturated rings. The van der Waals surface area contributed by atoms with Gasteiger partial charge in [-0.1, -0.05) is 19.9 Å². The maximum Gasteiger partial charge on any atom is 0.243 e. The normalized spacial score (nSPS) is 27.7. The predicted molar refractivity (Wildman–Crippen MR) is 45.1 cm³/mol. The van der Waals surface area contributed by atoms with Gasteiger partial charge in [-0.3, -0.25) is 4.79 Å². The molecule has 0 aromatic carbocycles. The number of hydrogen-bond acceptors (Lipinski definition) is 1. The van der Waals surface area contributed by atoms with Gasteiger partial charge in [0.1, 0.15) is 0 Å². The van der Waals surface area contributed by atoms with E-state index in [9.17, 15) is 4.79 Å². The Kier molecular flexibility index (Phi) is 2.69. The Labute approximate surface area is 67.7 Å². The van der Waals surface area contributed by atoms with E-state index in [0.717, 1.165) is 18.4 Å². The molecule has 0 spiro atoms. The van der Waals surface area contributed by atoms with Gasteiger partial charge in [-0.15, -0.1) is 0 Å². The molecule has 11 heavy (non-hydrogen) atoms. The van der Waals surface area contributed by atoms with E-state index in [-0.39, 0.29) is 5.91 Å². The van der Waals surface area contributed by atoms with Crippen LogP contribution in [-0.2, 0) is 4.79 Å². The first-order valence-electron chi connectivity index (χ1n) is 4.18. The predicted octanol–water partition coefficient (Wildman–Crippen LogP) is 1.33. The number of hydrogen-bond donors (Lipinski definition) is 1. The Balaban J connectivity index is 2.06. The lowest BCUT2D eigenvalue weighted by Crippen LogP contribution is -2.23. The average molecular weight is 153 g/mol. The van der Waals surface area contributed by atoms with Gasteiger partial charge in [0, 0.05) is 6.54 Å². The van der Waals surface area contributed by atoms with E-state index in [4.69, 9.17) is 0 Å². The van der Waals surface area contributed by atoms with Crippen LogP contribution in [0.4, 0.5) is 0 Å². The fourth-order valence-corrected chi connectivity index (χ4v) is 1.36. The summed E-state index contributed by atoms with van der Waals surface area (Å²) in [6, 6.07) is 0. The van der Waals surface area contributed by atoms with Crippen LogP contribution in [0.25, 0.3) is 0 Å². The standard InChI is InChI=1S/C9H15NO/c1-3-7-5-8(7)6-10-9(11)4-2/h4,7-8H,2-3,5-6H2,1H3,(H,10,11). The number of carbonyl (C=O) groups is 1. The highest BCUT2D eigenvalue weighted by Gasteiger charge is 2.34. The number of nitrogens with one attached hydrogen (secondary N) is 1. The molecule has 0 bridgehead atoms. The summed E-state index contributed by atoms with van der Waals surface area (Å²) in [7, 11) is 0. The third-order valence-corrected chi connectivity index (χ3v) is 2.32. The SMILES string of the molecule is C=CC(=O)NCC1CC1CC. The number of rotatable bonds is 4. The Morgan fingerprint density at radius 1 is 1.73 bits per heavy atom. The lowest BCUT2D eigenvalue weighted by molar-refractivity contribution is -0.116. The summed E-state index contributed by atoms with van der Waals surface area (Å²) in [4.78, 5) is 10.7. The van der Waals surface area contributed by atoms with E-state index in [1.54, 1.807) is 0 Å². The van der Waals surface area contributed by atoms with Gasteiger partial charge in [-0.25, -0.2) is 0 Å². The second kappa shape index (κ2) is 3.56. The van der Waals surface area contributed by atoms with Crippen LogP contribution in [0.5, 0.6) is 0 Å². The van der Waals surface area contributed by atoms with Crippen molar-refractivity contribution in [2.24, 2.45) is 11.8 Å². The van der Waals surface area contributed by atoms with Crippen LogP contribution in [0.2, 0.25) is 0 Å². The minimum atomic E-state index is -0.0493. The van der Waals surface area contributed by atoms with Crippen LogP contribution in [0, 0.1) is 11.8 Å². The van der Waals surface area contributed by atoms with Crippen LogP contribution in [0.1, 0.15) is 19.8 Å². The maximum absolute atomic E-state index is 10.7. The zero-order valence-electron chi connectivity index (χ0n) is 6.97. The van der Waals surface area contributed by atoms with Crippen molar-refractivity contribution in [2.45, 2.75) is 19.8 Å². The lowest BCUT2D eigenvalue weighted by Gasteiger charge is -1.98. The highest BCUT2D eigenvalue weighted by molar-refractivity contribution is 5.86. The summed E-state index contributed by atoms with van der Waals surface area (Å²) in [5.41, 5.74) is 0. The van der Waals surface area contributed by atoms with Gasteiger partial charge >= 0.3 is 0 Å². The molecule has 0 heterocycles. The molecule has 1 saturated carbocycles. The van der Waals surface area contributed by atoms with E-state index in [1.165, 1.54) is 18.9 Å². The van der Waals surface area contributed by atoms with E-state index in [2.05, 4.69) is 18.8 Å². The monoisotopic (exact) mass is 153 g/mol. The Hall–Kier alpha value is -0.790. The van der Waals surface area contributed by atoms with Crippen LogP contribution in [0.15, 0.2) is 12.7 Å². The molecule has 0 aromatic rings. The van der Waals surface area contributed by atoms with Gasteiger partial charge in [0.2, 0.25) is 5.91 Å². The quantitative estimate of drug-likeness (QED) is 0.607. The smallest absolute Gasteiger partial charge is 0.243 e. The second-order valence-electron chi connectivity index (χ2n) is 3.11. The zero-order valence-corrected chi connectivity index (χ0v) is 6.97. The molecular formula is C9H15NO. The first kappa shape index (κ1) is 8.31. The Bertz CT molecular complexity index is 165. The van der Waals surface area contributed by atoms with Gasteiger partial charge in [-0.2, -0.15) is 0 Å². The van der Waals surface area contributed by atoms with Crippen molar-refractivity contribution in [3.63, 3.8) is 0 Å². The minimum absolute atomic E-state index is 0.0493. The molecule has 2 heteroatoms. The number of amides is 1. The van der Waals surface area contributed by atoms with Gasteiger partial charge in [0.15, 0.2) is 0 Å². The van der Waals surface area contributed by atoms with Crippen LogP contribution < -0.4 is 5.32 Å². The Morgan fingerprint density at radius 2 is 2.45 bits per heavy atom. The highest BCUT2D eigenvalue weighted by Crippen LogP contribution is 2.40. The molecule has 1 rings (SSSR count). The third kappa shape index (κ3) is 2.37. The molecule has 0 aromatic heterocycles. The maximum atomic E-state index is 10.7. The molecule has 0 radical (unpaired) electrons. The van der Waals surface area contributed by atoms with Crippen LogP contribution >= 0.6 is 0 Å². The molecule has 1 N–H and O–H groups in total. The number of carbonyl (C=O) groups excluding carboxylic acids is 1. The molecule has 2 nitrogen and oxygen atoms in total. The minimum Gasteiger partial charge on any atom is -0.352 e. The summed E-state index contributed by atoms with van der Waals surface area (Å²) in [6.07, 6.45) is 3.85. The van der Waals surface area contributed by atoms with Gasteiger partial charge in [0.05, 0.1) is 0 Å².